The van der Waals surface area contributed by atoms with Crippen molar-refractivity contribution in [2.24, 2.45) is 0 Å². The van der Waals surface area contributed by atoms with Crippen molar-refractivity contribution in [1.29, 1.82) is 0 Å². The van der Waals surface area contributed by atoms with Gasteiger partial charge >= 0.3 is 5.97 Å². The predicted molar refractivity (Wildman–Crippen MR) is 78.8 cm³/mol. The van der Waals surface area contributed by atoms with Gasteiger partial charge in [-0.25, -0.2) is 4.98 Å². The van der Waals surface area contributed by atoms with Crippen LogP contribution in [0.4, 0.5) is 0 Å². The highest BCUT2D eigenvalue weighted by Crippen LogP contribution is 2.22. The fourth-order valence-corrected chi connectivity index (χ4v) is 2.74. The molecule has 2 aromatic heterocycles. The number of carbonyl (C=O) groups excluding carboxylic acids is 1. The Balaban J connectivity index is 1.78. The topological polar surface area (TPSA) is 43.6 Å². The van der Waals surface area contributed by atoms with Gasteiger partial charge in [-0.1, -0.05) is 24.3 Å². The Morgan fingerprint density at radius 1 is 1.35 bits per heavy atom. The Bertz CT molecular complexity index is 699. The van der Waals surface area contributed by atoms with Gasteiger partial charge in [0.2, 0.25) is 0 Å². The minimum atomic E-state index is -0.192. The van der Waals surface area contributed by atoms with Crippen molar-refractivity contribution < 1.29 is 9.53 Å². The molecule has 4 nitrogen and oxygen atoms in total. The summed E-state index contributed by atoms with van der Waals surface area (Å²) in [6.45, 7) is 2.23. The van der Waals surface area contributed by atoms with Gasteiger partial charge in [0, 0.05) is 23.3 Å². The first-order chi connectivity index (χ1) is 9.76. The molecule has 0 N–H and O–H groups in total. The maximum Gasteiger partial charge on any atom is 0.310 e. The molecule has 2 heterocycles. The normalized spacial score (nSPS) is 10.8. The lowest BCUT2D eigenvalue weighted by molar-refractivity contribution is -0.142. The molecule has 0 atom stereocenters. The molecule has 5 heteroatoms. The maximum atomic E-state index is 11.4. The lowest BCUT2D eigenvalue weighted by atomic mass is 10.1. The number of aromatic nitrogens is 2. The van der Waals surface area contributed by atoms with Gasteiger partial charge in [-0.15, -0.1) is 11.3 Å². The van der Waals surface area contributed by atoms with Crippen LogP contribution in [0.2, 0.25) is 0 Å². The SMILES string of the molecule is CCOC(=O)Cc1ccc(-c2cn3ccsc3n2)cc1. The molecule has 0 unspecified atom stereocenters. The fourth-order valence-electron chi connectivity index (χ4n) is 2.04. The number of hydrogen-bond donors (Lipinski definition) is 0. The van der Waals surface area contributed by atoms with E-state index in [9.17, 15) is 4.79 Å². The van der Waals surface area contributed by atoms with E-state index in [-0.39, 0.29) is 5.97 Å². The van der Waals surface area contributed by atoms with Gasteiger partial charge in [0.15, 0.2) is 4.96 Å². The van der Waals surface area contributed by atoms with E-state index in [0.717, 1.165) is 21.8 Å². The molecule has 0 amide bonds. The van der Waals surface area contributed by atoms with Crippen molar-refractivity contribution in [2.75, 3.05) is 6.61 Å². The molecule has 0 aliphatic heterocycles. The lowest BCUT2D eigenvalue weighted by Gasteiger charge is -2.03. The van der Waals surface area contributed by atoms with E-state index < -0.39 is 0 Å². The fraction of sp³-hybridized carbons (Fsp3) is 0.200. The molecule has 0 saturated heterocycles. The summed E-state index contributed by atoms with van der Waals surface area (Å²) in [4.78, 5) is 16.9. The van der Waals surface area contributed by atoms with Crippen molar-refractivity contribution >= 4 is 22.3 Å². The standard InChI is InChI=1S/C15H14N2O2S/c1-2-19-14(18)9-11-3-5-12(6-4-11)13-10-17-7-8-20-15(17)16-13/h3-8,10H,2,9H2,1H3. The Kier molecular flexibility index (Phi) is 3.52. The minimum Gasteiger partial charge on any atom is -0.466 e. The number of thiazole rings is 1. The summed E-state index contributed by atoms with van der Waals surface area (Å²) >= 11 is 1.61. The Labute approximate surface area is 120 Å². The third kappa shape index (κ3) is 2.58. The zero-order valence-corrected chi connectivity index (χ0v) is 11.9. The number of ether oxygens (including phenoxy) is 1. The van der Waals surface area contributed by atoms with Gasteiger partial charge in [0.05, 0.1) is 18.7 Å². The van der Waals surface area contributed by atoms with Crippen molar-refractivity contribution in [3.05, 3.63) is 47.6 Å². The van der Waals surface area contributed by atoms with Crippen LogP contribution in [0.15, 0.2) is 42.0 Å². The highest BCUT2D eigenvalue weighted by molar-refractivity contribution is 7.15. The third-order valence-corrected chi connectivity index (χ3v) is 3.77. The zero-order valence-electron chi connectivity index (χ0n) is 11.1. The summed E-state index contributed by atoms with van der Waals surface area (Å²) in [5.74, 6) is -0.192. The molecule has 0 radical (unpaired) electrons. The van der Waals surface area contributed by atoms with E-state index in [1.807, 2.05) is 53.4 Å². The maximum absolute atomic E-state index is 11.4. The molecule has 3 rings (SSSR count). The molecule has 102 valence electrons. The van der Waals surface area contributed by atoms with Crippen molar-refractivity contribution in [3.63, 3.8) is 0 Å². The van der Waals surface area contributed by atoms with Crippen LogP contribution in [0.5, 0.6) is 0 Å². The molecular weight excluding hydrogens is 272 g/mol. The van der Waals surface area contributed by atoms with Crippen molar-refractivity contribution in [3.8, 4) is 11.3 Å². The average Bonchev–Trinajstić information content (AvgIpc) is 3.00. The summed E-state index contributed by atoms with van der Waals surface area (Å²) in [6.07, 6.45) is 4.31. The summed E-state index contributed by atoms with van der Waals surface area (Å²) in [5.41, 5.74) is 2.95. The van der Waals surface area contributed by atoms with E-state index in [0.29, 0.717) is 13.0 Å². The number of nitrogens with zero attached hydrogens (tertiary/aromatic N) is 2. The van der Waals surface area contributed by atoms with Crippen molar-refractivity contribution in [2.45, 2.75) is 13.3 Å². The van der Waals surface area contributed by atoms with Crippen LogP contribution < -0.4 is 0 Å². The highest BCUT2D eigenvalue weighted by atomic mass is 32.1. The lowest BCUT2D eigenvalue weighted by Crippen LogP contribution is -2.07. The molecule has 1 aromatic carbocycles. The number of hydrogen-bond acceptors (Lipinski definition) is 4. The molecule has 0 saturated carbocycles. The monoisotopic (exact) mass is 286 g/mol. The average molecular weight is 286 g/mol. The second-order valence-electron chi connectivity index (χ2n) is 4.40. The van der Waals surface area contributed by atoms with Crippen LogP contribution in [0.1, 0.15) is 12.5 Å². The second kappa shape index (κ2) is 5.46. The molecule has 3 aromatic rings. The van der Waals surface area contributed by atoms with Gasteiger partial charge in [-0.2, -0.15) is 0 Å². The number of benzene rings is 1. The van der Waals surface area contributed by atoms with Crippen LogP contribution in [0.25, 0.3) is 16.2 Å². The first kappa shape index (κ1) is 12.9. The van der Waals surface area contributed by atoms with E-state index in [1.54, 1.807) is 11.3 Å². The quantitative estimate of drug-likeness (QED) is 0.692. The van der Waals surface area contributed by atoms with Gasteiger partial charge in [-0.3, -0.25) is 9.20 Å². The van der Waals surface area contributed by atoms with Crippen molar-refractivity contribution in [1.82, 2.24) is 9.38 Å². The van der Waals surface area contributed by atoms with Gasteiger partial charge in [-0.05, 0) is 12.5 Å². The molecule has 0 spiro atoms. The van der Waals surface area contributed by atoms with Crippen LogP contribution in [-0.4, -0.2) is 22.0 Å². The smallest absolute Gasteiger partial charge is 0.310 e. The molecule has 20 heavy (non-hydrogen) atoms. The third-order valence-electron chi connectivity index (χ3n) is 3.00. The van der Waals surface area contributed by atoms with E-state index in [2.05, 4.69) is 4.98 Å². The molecule has 0 aliphatic rings. The Morgan fingerprint density at radius 2 is 2.15 bits per heavy atom. The predicted octanol–water partition coefficient (Wildman–Crippen LogP) is 3.17. The molecule has 0 aliphatic carbocycles. The summed E-state index contributed by atoms with van der Waals surface area (Å²) in [7, 11) is 0. The number of fused-ring (bicyclic) bond motifs is 1. The highest BCUT2D eigenvalue weighted by Gasteiger charge is 2.07. The van der Waals surface area contributed by atoms with Crippen LogP contribution in [-0.2, 0) is 16.0 Å². The summed E-state index contributed by atoms with van der Waals surface area (Å²) in [5, 5.41) is 2.01. The summed E-state index contributed by atoms with van der Waals surface area (Å²) < 4.78 is 6.94. The zero-order chi connectivity index (χ0) is 13.9. The van der Waals surface area contributed by atoms with Gasteiger partial charge in [0.25, 0.3) is 0 Å². The van der Waals surface area contributed by atoms with E-state index >= 15 is 0 Å². The first-order valence-electron chi connectivity index (χ1n) is 6.43. The Hall–Kier alpha value is -2.14. The summed E-state index contributed by atoms with van der Waals surface area (Å²) in [6, 6.07) is 7.86. The van der Waals surface area contributed by atoms with Crippen LogP contribution >= 0.6 is 11.3 Å². The van der Waals surface area contributed by atoms with Crippen LogP contribution in [0, 0.1) is 0 Å². The number of carbonyl (C=O) groups is 1. The van der Waals surface area contributed by atoms with E-state index in [1.165, 1.54) is 0 Å². The second-order valence-corrected chi connectivity index (χ2v) is 5.27. The molecular formula is C15H14N2O2S. The first-order valence-corrected chi connectivity index (χ1v) is 7.31. The Morgan fingerprint density at radius 3 is 2.85 bits per heavy atom. The van der Waals surface area contributed by atoms with Gasteiger partial charge < -0.3 is 4.74 Å². The molecule has 0 bridgehead atoms. The number of esters is 1. The van der Waals surface area contributed by atoms with Crippen LogP contribution in [0.3, 0.4) is 0 Å². The number of imidazole rings is 1. The van der Waals surface area contributed by atoms with E-state index in [4.69, 9.17) is 4.74 Å². The van der Waals surface area contributed by atoms with Gasteiger partial charge in [0.1, 0.15) is 0 Å². The largest absolute Gasteiger partial charge is 0.466 e. The minimum absolute atomic E-state index is 0.192. The number of rotatable bonds is 4. The molecule has 0 fully saturated rings.